The highest BCUT2D eigenvalue weighted by Crippen LogP contribution is 2.31. The van der Waals surface area contributed by atoms with Gasteiger partial charge in [-0.3, -0.25) is 10.1 Å². The Morgan fingerprint density at radius 3 is 2.58 bits per heavy atom. The topological polar surface area (TPSA) is 63.4 Å². The van der Waals surface area contributed by atoms with Crippen LogP contribution in [0.2, 0.25) is 0 Å². The molecule has 0 aliphatic rings. The monoisotopic (exact) mass is 171 g/mol. The summed E-state index contributed by atoms with van der Waals surface area (Å²) in [5, 5.41) is 19.2. The Hall–Kier alpha value is -1.65. The molecule has 5 heteroatoms. The molecule has 1 N–H and O–H groups in total. The molecule has 0 fully saturated rings. The fourth-order valence-corrected chi connectivity index (χ4v) is 0.886. The van der Waals surface area contributed by atoms with E-state index in [1.54, 1.807) is 0 Å². The molecule has 0 atom stereocenters. The maximum absolute atomic E-state index is 12.6. The molecule has 0 unspecified atom stereocenters. The van der Waals surface area contributed by atoms with E-state index in [4.69, 9.17) is 5.11 Å². The van der Waals surface area contributed by atoms with Gasteiger partial charge < -0.3 is 5.11 Å². The number of hydrogen-bond donors (Lipinski definition) is 1. The predicted molar refractivity (Wildman–Crippen MR) is 39.5 cm³/mol. The van der Waals surface area contributed by atoms with E-state index >= 15 is 0 Å². The average Bonchev–Trinajstić information content (AvgIpc) is 1.97. The highest BCUT2D eigenvalue weighted by atomic mass is 19.1. The maximum Gasteiger partial charge on any atom is 0.316 e. The number of phenolic OH excluding ortho intramolecular Hbond substituents is 1. The second-order valence-corrected chi connectivity index (χ2v) is 2.32. The van der Waals surface area contributed by atoms with E-state index < -0.39 is 22.2 Å². The lowest BCUT2D eigenvalue weighted by atomic mass is 10.2. The molecular formula is C7H6FNO3. The first-order chi connectivity index (χ1) is 5.54. The van der Waals surface area contributed by atoms with Crippen LogP contribution in [0.4, 0.5) is 10.1 Å². The van der Waals surface area contributed by atoms with Crippen LogP contribution in [0.15, 0.2) is 12.1 Å². The van der Waals surface area contributed by atoms with Crippen LogP contribution in [0.25, 0.3) is 0 Å². The Kier molecular flexibility index (Phi) is 1.95. The number of nitro benzene ring substituents is 1. The quantitative estimate of drug-likeness (QED) is 0.517. The molecule has 0 saturated heterocycles. The number of hydrogen-bond acceptors (Lipinski definition) is 3. The highest BCUT2D eigenvalue weighted by Gasteiger charge is 2.20. The Labute approximate surface area is 67.4 Å². The summed E-state index contributed by atoms with van der Waals surface area (Å²) >= 11 is 0. The number of phenols is 1. The van der Waals surface area contributed by atoms with Crippen molar-refractivity contribution in [3.05, 3.63) is 33.6 Å². The van der Waals surface area contributed by atoms with E-state index in [2.05, 4.69) is 0 Å². The molecule has 0 spiro atoms. The van der Waals surface area contributed by atoms with Crippen LogP contribution in [-0.4, -0.2) is 10.0 Å². The maximum atomic E-state index is 12.6. The lowest BCUT2D eigenvalue weighted by Crippen LogP contribution is -1.93. The zero-order valence-electron chi connectivity index (χ0n) is 6.24. The fraction of sp³-hybridized carbons (Fsp3) is 0.143. The van der Waals surface area contributed by atoms with Gasteiger partial charge in [0.2, 0.25) is 5.75 Å². The van der Waals surface area contributed by atoms with Crippen LogP contribution < -0.4 is 0 Å². The van der Waals surface area contributed by atoms with Crippen molar-refractivity contribution >= 4 is 5.69 Å². The van der Waals surface area contributed by atoms with Gasteiger partial charge in [-0.2, -0.15) is 0 Å². The molecule has 0 aliphatic heterocycles. The molecule has 0 saturated carbocycles. The summed E-state index contributed by atoms with van der Waals surface area (Å²) < 4.78 is 12.6. The zero-order chi connectivity index (χ0) is 9.30. The minimum Gasteiger partial charge on any atom is -0.500 e. The fourth-order valence-electron chi connectivity index (χ4n) is 0.886. The normalized spacial score (nSPS) is 9.83. The highest BCUT2D eigenvalue weighted by molar-refractivity contribution is 5.51. The number of halogens is 1. The summed E-state index contributed by atoms with van der Waals surface area (Å²) in [6.45, 7) is 1.43. The van der Waals surface area contributed by atoms with Crippen LogP contribution >= 0.6 is 0 Å². The molecule has 0 amide bonds. The minimum absolute atomic E-state index is 0.235. The number of nitro groups is 1. The first-order valence-corrected chi connectivity index (χ1v) is 3.16. The largest absolute Gasteiger partial charge is 0.500 e. The van der Waals surface area contributed by atoms with Gasteiger partial charge in [-0.15, -0.1) is 0 Å². The predicted octanol–water partition coefficient (Wildman–Crippen LogP) is 1.75. The molecule has 4 nitrogen and oxygen atoms in total. The van der Waals surface area contributed by atoms with Crippen LogP contribution in [0.5, 0.6) is 5.75 Å². The van der Waals surface area contributed by atoms with E-state index in [0.29, 0.717) is 0 Å². The number of rotatable bonds is 1. The van der Waals surface area contributed by atoms with E-state index in [-0.39, 0.29) is 5.56 Å². The van der Waals surface area contributed by atoms with E-state index in [0.717, 1.165) is 6.07 Å². The summed E-state index contributed by atoms with van der Waals surface area (Å²) in [7, 11) is 0. The average molecular weight is 171 g/mol. The smallest absolute Gasteiger partial charge is 0.316 e. The standard InChI is InChI=1S/C7H6FNO3/c1-4-2-3-5(8)7(10)6(4)9(11)12/h2-3,10H,1H3. The molecule has 12 heavy (non-hydrogen) atoms. The van der Waals surface area contributed by atoms with Crippen molar-refractivity contribution in [2.75, 3.05) is 0 Å². The number of aryl methyl sites for hydroxylation is 1. The number of nitrogens with zero attached hydrogens (tertiary/aromatic N) is 1. The van der Waals surface area contributed by atoms with Gasteiger partial charge in [0.05, 0.1) is 4.92 Å². The Morgan fingerprint density at radius 2 is 2.17 bits per heavy atom. The van der Waals surface area contributed by atoms with E-state index in [1.165, 1.54) is 13.0 Å². The second kappa shape index (κ2) is 2.77. The minimum atomic E-state index is -0.979. The van der Waals surface area contributed by atoms with Gasteiger partial charge in [0.25, 0.3) is 0 Å². The van der Waals surface area contributed by atoms with Gasteiger partial charge in [-0.25, -0.2) is 4.39 Å². The van der Waals surface area contributed by atoms with Crippen LogP contribution in [0.3, 0.4) is 0 Å². The summed E-state index contributed by atoms with van der Waals surface area (Å²) in [4.78, 5) is 9.46. The molecule has 0 aliphatic carbocycles. The van der Waals surface area contributed by atoms with Crippen molar-refractivity contribution in [1.29, 1.82) is 0 Å². The van der Waals surface area contributed by atoms with E-state index in [9.17, 15) is 14.5 Å². The van der Waals surface area contributed by atoms with Gasteiger partial charge in [0.15, 0.2) is 5.82 Å². The molecule has 0 radical (unpaired) electrons. The molecule has 1 aromatic carbocycles. The first-order valence-electron chi connectivity index (χ1n) is 3.16. The first kappa shape index (κ1) is 8.45. The van der Waals surface area contributed by atoms with Crippen LogP contribution in [0.1, 0.15) is 5.56 Å². The summed E-state index contributed by atoms with van der Waals surface area (Å²) in [6.07, 6.45) is 0. The molecule has 1 aromatic rings. The lowest BCUT2D eigenvalue weighted by molar-refractivity contribution is -0.386. The molecule has 1 rings (SSSR count). The third-order valence-electron chi connectivity index (χ3n) is 1.49. The van der Waals surface area contributed by atoms with Crippen LogP contribution in [-0.2, 0) is 0 Å². The SMILES string of the molecule is Cc1ccc(F)c(O)c1[N+](=O)[O-]. The van der Waals surface area contributed by atoms with Crippen molar-refractivity contribution in [1.82, 2.24) is 0 Å². The van der Waals surface area contributed by atoms with Crippen molar-refractivity contribution in [2.45, 2.75) is 6.92 Å². The van der Waals surface area contributed by atoms with Crippen molar-refractivity contribution in [3.63, 3.8) is 0 Å². The summed E-state index contributed by atoms with van der Waals surface area (Å²) in [5.41, 5.74) is -0.339. The van der Waals surface area contributed by atoms with Crippen LogP contribution in [0, 0.1) is 22.9 Å². The third kappa shape index (κ3) is 1.20. The lowest BCUT2D eigenvalue weighted by Gasteiger charge is -1.99. The summed E-state index contributed by atoms with van der Waals surface area (Å²) in [6, 6.07) is 2.23. The molecule has 0 aromatic heterocycles. The molecule has 64 valence electrons. The number of benzene rings is 1. The van der Waals surface area contributed by atoms with Gasteiger partial charge in [0.1, 0.15) is 0 Å². The molecular weight excluding hydrogens is 165 g/mol. The number of aromatic hydroxyl groups is 1. The summed E-state index contributed by atoms with van der Waals surface area (Å²) in [5.74, 6) is -1.88. The molecule has 0 heterocycles. The van der Waals surface area contributed by atoms with Gasteiger partial charge in [0, 0.05) is 5.56 Å². The van der Waals surface area contributed by atoms with Crippen molar-refractivity contribution < 1.29 is 14.4 Å². The van der Waals surface area contributed by atoms with E-state index in [1.807, 2.05) is 0 Å². The zero-order valence-corrected chi connectivity index (χ0v) is 6.24. The van der Waals surface area contributed by atoms with Crippen molar-refractivity contribution in [2.24, 2.45) is 0 Å². The van der Waals surface area contributed by atoms with Gasteiger partial charge >= 0.3 is 5.69 Å². The third-order valence-corrected chi connectivity index (χ3v) is 1.49. The van der Waals surface area contributed by atoms with Crippen molar-refractivity contribution in [3.8, 4) is 5.75 Å². The second-order valence-electron chi connectivity index (χ2n) is 2.32. The molecule has 0 bridgehead atoms. The Bertz CT molecular complexity index is 338. The van der Waals surface area contributed by atoms with Gasteiger partial charge in [-0.05, 0) is 19.1 Å². The Morgan fingerprint density at radius 1 is 1.58 bits per heavy atom. The van der Waals surface area contributed by atoms with Gasteiger partial charge in [-0.1, -0.05) is 0 Å². The Balaban J connectivity index is 3.43.